The molecule has 1 aliphatic rings. The molecule has 1 fully saturated rings. The highest BCUT2D eigenvalue weighted by Gasteiger charge is 2.25. The number of esters is 1. The van der Waals surface area contributed by atoms with Crippen molar-refractivity contribution in [1.82, 2.24) is 0 Å². The standard InChI is InChI=1S/C8H12O2.CH2O3/c1-6-3-4-7(5-6)8(9)10-2;2-1(3)4/h7H,1,3-5H2,2H3;(H2,2,3,4). The summed E-state index contributed by atoms with van der Waals surface area (Å²) in [5, 5.41) is 13.9. The van der Waals surface area contributed by atoms with E-state index in [1.54, 1.807) is 0 Å². The van der Waals surface area contributed by atoms with Gasteiger partial charge in [0, 0.05) is 0 Å². The Morgan fingerprint density at radius 3 is 2.29 bits per heavy atom. The number of methoxy groups -OCH3 is 1. The van der Waals surface area contributed by atoms with E-state index in [-0.39, 0.29) is 11.9 Å². The molecular weight excluding hydrogens is 188 g/mol. The minimum absolute atomic E-state index is 0.0846. The maximum Gasteiger partial charge on any atom is 0.503 e. The molecule has 1 rings (SSSR count). The topological polar surface area (TPSA) is 83.8 Å². The van der Waals surface area contributed by atoms with Gasteiger partial charge >= 0.3 is 12.1 Å². The van der Waals surface area contributed by atoms with Gasteiger partial charge < -0.3 is 14.9 Å². The van der Waals surface area contributed by atoms with Crippen molar-refractivity contribution in [3.05, 3.63) is 12.2 Å². The van der Waals surface area contributed by atoms with Crippen molar-refractivity contribution >= 4 is 12.1 Å². The molecule has 0 saturated heterocycles. The zero-order valence-corrected chi connectivity index (χ0v) is 8.02. The molecule has 0 amide bonds. The van der Waals surface area contributed by atoms with Gasteiger partial charge in [0.15, 0.2) is 0 Å². The van der Waals surface area contributed by atoms with E-state index < -0.39 is 6.16 Å². The molecule has 0 aliphatic heterocycles. The molecule has 0 radical (unpaired) electrons. The van der Waals surface area contributed by atoms with E-state index in [9.17, 15) is 4.79 Å². The molecule has 5 nitrogen and oxygen atoms in total. The Kier molecular flexibility index (Phi) is 5.36. The normalized spacial score (nSPS) is 19.5. The zero-order valence-electron chi connectivity index (χ0n) is 8.02. The summed E-state index contributed by atoms with van der Waals surface area (Å²) in [5.41, 5.74) is 1.18. The molecule has 1 unspecified atom stereocenters. The van der Waals surface area contributed by atoms with Crippen LogP contribution in [0.4, 0.5) is 4.79 Å². The third-order valence-electron chi connectivity index (χ3n) is 1.92. The van der Waals surface area contributed by atoms with Crippen molar-refractivity contribution in [3.63, 3.8) is 0 Å². The third kappa shape index (κ3) is 5.18. The highest BCUT2D eigenvalue weighted by molar-refractivity contribution is 5.73. The molecular formula is C9H14O5. The predicted octanol–water partition coefficient (Wildman–Crippen LogP) is 1.74. The minimum Gasteiger partial charge on any atom is -0.469 e. The summed E-state index contributed by atoms with van der Waals surface area (Å²) < 4.78 is 4.60. The van der Waals surface area contributed by atoms with Gasteiger partial charge in [0.1, 0.15) is 0 Å². The van der Waals surface area contributed by atoms with Crippen molar-refractivity contribution in [2.75, 3.05) is 7.11 Å². The number of ether oxygens (including phenoxy) is 1. The molecule has 0 bridgehead atoms. The van der Waals surface area contributed by atoms with Crippen LogP contribution in [0.3, 0.4) is 0 Å². The molecule has 2 N–H and O–H groups in total. The monoisotopic (exact) mass is 202 g/mol. The van der Waals surface area contributed by atoms with Gasteiger partial charge in [-0.05, 0) is 19.3 Å². The van der Waals surface area contributed by atoms with Crippen LogP contribution >= 0.6 is 0 Å². The van der Waals surface area contributed by atoms with Gasteiger partial charge in [0.05, 0.1) is 13.0 Å². The Morgan fingerprint density at radius 2 is 2.00 bits per heavy atom. The number of hydrogen-bond acceptors (Lipinski definition) is 3. The van der Waals surface area contributed by atoms with Crippen molar-refractivity contribution in [3.8, 4) is 0 Å². The Hall–Kier alpha value is -1.52. The van der Waals surface area contributed by atoms with Gasteiger partial charge in [0.2, 0.25) is 0 Å². The van der Waals surface area contributed by atoms with Gasteiger partial charge in [0.25, 0.3) is 0 Å². The molecule has 1 atom stereocenters. The lowest BCUT2D eigenvalue weighted by molar-refractivity contribution is -0.145. The summed E-state index contributed by atoms with van der Waals surface area (Å²) in [6.07, 6.45) is 0.901. The number of carboxylic acid groups (broad SMARTS) is 2. The lowest BCUT2D eigenvalue weighted by Crippen LogP contribution is -2.11. The maximum absolute atomic E-state index is 10.9. The van der Waals surface area contributed by atoms with Gasteiger partial charge in [-0.25, -0.2) is 4.79 Å². The molecule has 0 heterocycles. The van der Waals surface area contributed by atoms with E-state index in [2.05, 4.69) is 11.3 Å². The van der Waals surface area contributed by atoms with Crippen molar-refractivity contribution in [2.24, 2.45) is 5.92 Å². The SMILES string of the molecule is C=C1CCC(C(=O)OC)C1.O=C(O)O. The number of carbonyl (C=O) groups excluding carboxylic acids is 1. The zero-order chi connectivity index (χ0) is 11.1. The first-order valence-corrected chi connectivity index (χ1v) is 4.13. The van der Waals surface area contributed by atoms with E-state index in [1.807, 2.05) is 0 Å². The molecule has 0 aromatic carbocycles. The van der Waals surface area contributed by atoms with Crippen molar-refractivity contribution in [2.45, 2.75) is 19.3 Å². The van der Waals surface area contributed by atoms with Crippen LogP contribution in [0.5, 0.6) is 0 Å². The minimum atomic E-state index is -1.83. The van der Waals surface area contributed by atoms with Crippen LogP contribution in [0.15, 0.2) is 12.2 Å². The molecule has 1 saturated carbocycles. The quantitative estimate of drug-likeness (QED) is 0.499. The van der Waals surface area contributed by atoms with Gasteiger partial charge in [-0.2, -0.15) is 0 Å². The van der Waals surface area contributed by atoms with E-state index in [1.165, 1.54) is 12.7 Å². The third-order valence-corrected chi connectivity index (χ3v) is 1.92. The fraction of sp³-hybridized carbons (Fsp3) is 0.556. The Labute approximate surface area is 82.0 Å². The molecule has 0 aromatic rings. The number of rotatable bonds is 1. The molecule has 14 heavy (non-hydrogen) atoms. The Balaban J connectivity index is 0.000000364. The Bertz CT molecular complexity index is 229. The summed E-state index contributed by atoms with van der Waals surface area (Å²) in [7, 11) is 1.43. The summed E-state index contributed by atoms with van der Waals surface area (Å²) >= 11 is 0. The summed E-state index contributed by atoms with van der Waals surface area (Å²) in [6, 6.07) is 0. The molecule has 0 spiro atoms. The van der Waals surface area contributed by atoms with Crippen LogP contribution in [0.25, 0.3) is 0 Å². The maximum atomic E-state index is 10.9. The van der Waals surface area contributed by atoms with Crippen LogP contribution in [0.2, 0.25) is 0 Å². The molecule has 80 valence electrons. The number of carbonyl (C=O) groups is 2. The first-order valence-electron chi connectivity index (χ1n) is 4.13. The second-order valence-electron chi connectivity index (χ2n) is 3.00. The van der Waals surface area contributed by atoms with Crippen LogP contribution in [0.1, 0.15) is 19.3 Å². The molecule has 1 aliphatic carbocycles. The van der Waals surface area contributed by atoms with E-state index in [4.69, 9.17) is 15.0 Å². The highest BCUT2D eigenvalue weighted by Crippen LogP contribution is 2.29. The average Bonchev–Trinajstić information content (AvgIpc) is 2.49. The van der Waals surface area contributed by atoms with Gasteiger partial charge in [-0.15, -0.1) is 0 Å². The lowest BCUT2D eigenvalue weighted by Gasteiger charge is -2.03. The van der Waals surface area contributed by atoms with E-state index in [0.29, 0.717) is 0 Å². The highest BCUT2D eigenvalue weighted by atomic mass is 16.6. The second-order valence-corrected chi connectivity index (χ2v) is 3.00. The van der Waals surface area contributed by atoms with Crippen LogP contribution in [-0.2, 0) is 9.53 Å². The first-order chi connectivity index (χ1) is 6.47. The first kappa shape index (κ1) is 12.5. The Morgan fingerprint density at radius 1 is 1.50 bits per heavy atom. The molecule has 5 heteroatoms. The van der Waals surface area contributed by atoms with Crippen LogP contribution < -0.4 is 0 Å². The fourth-order valence-electron chi connectivity index (χ4n) is 1.30. The van der Waals surface area contributed by atoms with E-state index in [0.717, 1.165) is 19.3 Å². The lowest BCUT2D eigenvalue weighted by atomic mass is 10.1. The summed E-state index contributed by atoms with van der Waals surface area (Å²) in [6.45, 7) is 3.81. The van der Waals surface area contributed by atoms with E-state index >= 15 is 0 Å². The summed E-state index contributed by atoms with van der Waals surface area (Å²) in [5.74, 6) is 0.0103. The number of allylic oxidation sites excluding steroid dienone is 1. The second kappa shape index (κ2) is 6.01. The van der Waals surface area contributed by atoms with Crippen LogP contribution in [-0.4, -0.2) is 29.4 Å². The average molecular weight is 202 g/mol. The predicted molar refractivity (Wildman–Crippen MR) is 49.2 cm³/mol. The smallest absolute Gasteiger partial charge is 0.469 e. The largest absolute Gasteiger partial charge is 0.503 e. The van der Waals surface area contributed by atoms with Gasteiger partial charge in [-0.3, -0.25) is 4.79 Å². The van der Waals surface area contributed by atoms with Crippen molar-refractivity contribution < 1.29 is 24.5 Å². The number of hydrogen-bond donors (Lipinski definition) is 2. The fourth-order valence-corrected chi connectivity index (χ4v) is 1.30. The van der Waals surface area contributed by atoms with Crippen LogP contribution in [0, 0.1) is 5.92 Å². The molecule has 0 aromatic heterocycles. The summed E-state index contributed by atoms with van der Waals surface area (Å²) in [4.78, 5) is 19.5. The van der Waals surface area contributed by atoms with Crippen molar-refractivity contribution in [1.29, 1.82) is 0 Å². The van der Waals surface area contributed by atoms with Gasteiger partial charge in [-0.1, -0.05) is 12.2 Å².